The van der Waals surface area contributed by atoms with Gasteiger partial charge in [0.25, 0.3) is 0 Å². The molecule has 1 heterocycles. The second-order valence-corrected chi connectivity index (χ2v) is 5.43. The number of alkyl halides is 3. The minimum absolute atomic E-state index is 0. The van der Waals surface area contributed by atoms with Gasteiger partial charge in [-0.05, 0) is 55.3 Å². The molecule has 0 spiro atoms. The van der Waals surface area contributed by atoms with Gasteiger partial charge in [0.1, 0.15) is 0 Å². The summed E-state index contributed by atoms with van der Waals surface area (Å²) in [5, 5.41) is 3.32. The second kappa shape index (κ2) is 5.33. The van der Waals surface area contributed by atoms with Crippen molar-refractivity contribution in [3.05, 3.63) is 35.4 Å². The lowest BCUT2D eigenvalue weighted by Gasteiger charge is -2.18. The lowest BCUT2D eigenvalue weighted by atomic mass is 9.91. The lowest BCUT2D eigenvalue weighted by Crippen LogP contribution is -2.14. The highest BCUT2D eigenvalue weighted by molar-refractivity contribution is 5.85. The third-order valence-electron chi connectivity index (χ3n) is 4.36. The fourth-order valence-corrected chi connectivity index (χ4v) is 3.53. The van der Waals surface area contributed by atoms with Crippen molar-refractivity contribution in [1.82, 2.24) is 5.32 Å². The summed E-state index contributed by atoms with van der Waals surface area (Å²) in [6.45, 7) is 1.94. The molecule has 0 bridgehead atoms. The van der Waals surface area contributed by atoms with Crippen molar-refractivity contribution in [3.63, 3.8) is 0 Å². The fraction of sp³-hybridized carbons (Fsp3) is 0.571. The van der Waals surface area contributed by atoms with Crippen molar-refractivity contribution < 1.29 is 13.2 Å². The van der Waals surface area contributed by atoms with E-state index < -0.39 is 11.7 Å². The zero-order chi connectivity index (χ0) is 12.8. The van der Waals surface area contributed by atoms with Gasteiger partial charge in [-0.1, -0.05) is 18.2 Å². The van der Waals surface area contributed by atoms with Crippen molar-refractivity contribution in [2.75, 3.05) is 13.1 Å². The van der Waals surface area contributed by atoms with Crippen LogP contribution in [0, 0.1) is 11.8 Å². The van der Waals surface area contributed by atoms with Gasteiger partial charge in [0, 0.05) is 0 Å². The molecular weight excluding hydrogens is 275 g/mol. The van der Waals surface area contributed by atoms with Crippen LogP contribution in [0.25, 0.3) is 0 Å². The van der Waals surface area contributed by atoms with Crippen LogP contribution >= 0.6 is 12.4 Å². The monoisotopic (exact) mass is 291 g/mol. The van der Waals surface area contributed by atoms with E-state index in [1.165, 1.54) is 12.1 Å². The number of benzene rings is 1. The first-order valence-corrected chi connectivity index (χ1v) is 6.42. The first-order chi connectivity index (χ1) is 8.55. The number of hydrogen-bond donors (Lipinski definition) is 1. The molecule has 0 aromatic heterocycles. The van der Waals surface area contributed by atoms with E-state index in [1.807, 2.05) is 0 Å². The summed E-state index contributed by atoms with van der Waals surface area (Å²) < 4.78 is 38.9. The Labute approximate surface area is 117 Å². The van der Waals surface area contributed by atoms with Crippen LogP contribution in [0.4, 0.5) is 13.2 Å². The van der Waals surface area contributed by atoms with Gasteiger partial charge in [-0.3, -0.25) is 0 Å². The fourth-order valence-electron chi connectivity index (χ4n) is 3.53. The summed E-state index contributed by atoms with van der Waals surface area (Å²) in [6.07, 6.45) is -2.44. The maximum absolute atomic E-state index is 13.0. The van der Waals surface area contributed by atoms with Crippen LogP contribution in [0.2, 0.25) is 0 Å². The Balaban J connectivity index is 0.00000133. The summed E-state index contributed by atoms with van der Waals surface area (Å²) in [5.74, 6) is 1.22. The van der Waals surface area contributed by atoms with Crippen LogP contribution < -0.4 is 5.32 Å². The largest absolute Gasteiger partial charge is 0.416 e. The molecule has 1 saturated heterocycles. The van der Waals surface area contributed by atoms with Crippen molar-refractivity contribution in [3.8, 4) is 0 Å². The van der Waals surface area contributed by atoms with Crippen LogP contribution in [0.3, 0.4) is 0 Å². The van der Waals surface area contributed by atoms with Crippen molar-refractivity contribution in [1.29, 1.82) is 0 Å². The maximum atomic E-state index is 13.0. The average molecular weight is 292 g/mol. The quantitative estimate of drug-likeness (QED) is 0.829. The number of nitrogens with one attached hydrogen (secondary N) is 1. The van der Waals surface area contributed by atoms with Crippen LogP contribution in [0.5, 0.6) is 0 Å². The highest BCUT2D eigenvalue weighted by Crippen LogP contribution is 2.47. The van der Waals surface area contributed by atoms with Gasteiger partial charge in [-0.2, -0.15) is 13.2 Å². The molecule has 1 saturated carbocycles. The molecular formula is C14H17ClF3N. The molecule has 0 unspecified atom stereocenters. The van der Waals surface area contributed by atoms with E-state index in [1.54, 1.807) is 12.1 Å². The van der Waals surface area contributed by atoms with E-state index in [4.69, 9.17) is 0 Å². The summed E-state index contributed by atoms with van der Waals surface area (Å²) >= 11 is 0. The zero-order valence-corrected chi connectivity index (χ0v) is 11.2. The number of halogens is 4. The minimum Gasteiger partial charge on any atom is -0.316 e. The van der Waals surface area contributed by atoms with Crippen LogP contribution in [-0.2, 0) is 6.18 Å². The molecule has 1 N–H and O–H groups in total. The molecule has 0 amide bonds. The van der Waals surface area contributed by atoms with Crippen molar-refractivity contribution in [2.24, 2.45) is 11.8 Å². The molecule has 1 nitrogen and oxygen atoms in total. The Hall–Kier alpha value is -0.740. The molecule has 1 aliphatic heterocycles. The molecule has 2 aliphatic rings. The number of fused-ring (bicyclic) bond motifs is 1. The predicted octanol–water partition coefficient (Wildman–Crippen LogP) is 3.84. The number of rotatable bonds is 1. The molecule has 2 atom stereocenters. The van der Waals surface area contributed by atoms with Gasteiger partial charge in [0.05, 0.1) is 5.56 Å². The molecule has 1 aliphatic carbocycles. The highest BCUT2D eigenvalue weighted by atomic mass is 35.5. The molecule has 3 rings (SSSR count). The molecule has 106 valence electrons. The second-order valence-electron chi connectivity index (χ2n) is 5.43. The van der Waals surface area contributed by atoms with Crippen LogP contribution in [-0.4, -0.2) is 13.1 Å². The Kier molecular flexibility index (Phi) is 4.11. The third-order valence-corrected chi connectivity index (χ3v) is 4.36. The summed E-state index contributed by atoms with van der Waals surface area (Å²) in [4.78, 5) is 0. The normalized spacial score (nSPS) is 27.1. The molecule has 19 heavy (non-hydrogen) atoms. The Morgan fingerprint density at radius 3 is 2.16 bits per heavy atom. The molecule has 0 radical (unpaired) electrons. The van der Waals surface area contributed by atoms with E-state index in [0.29, 0.717) is 17.4 Å². The van der Waals surface area contributed by atoms with Crippen LogP contribution in [0.15, 0.2) is 24.3 Å². The van der Waals surface area contributed by atoms with E-state index in [2.05, 4.69) is 5.32 Å². The minimum atomic E-state index is -4.23. The summed E-state index contributed by atoms with van der Waals surface area (Å²) in [7, 11) is 0. The highest BCUT2D eigenvalue weighted by Gasteiger charge is 2.41. The Morgan fingerprint density at radius 2 is 1.58 bits per heavy atom. The van der Waals surface area contributed by atoms with Crippen molar-refractivity contribution >= 4 is 12.4 Å². The van der Waals surface area contributed by atoms with E-state index in [-0.39, 0.29) is 18.3 Å². The smallest absolute Gasteiger partial charge is 0.316 e. The van der Waals surface area contributed by atoms with Crippen LogP contribution in [0.1, 0.15) is 29.9 Å². The van der Waals surface area contributed by atoms with Crippen molar-refractivity contribution in [2.45, 2.75) is 24.9 Å². The molecule has 5 heteroatoms. The van der Waals surface area contributed by atoms with Gasteiger partial charge in [0.15, 0.2) is 0 Å². The molecule has 1 aromatic carbocycles. The first-order valence-electron chi connectivity index (χ1n) is 6.42. The standard InChI is InChI=1S/C14H16F3N.ClH/c15-14(16,17)13-4-2-1-3-12(13)9-5-10-7-18-8-11(10)6-9;/h1-4,9-11,18H,5-8H2;1H/t10-,11-;/m1./s1. The van der Waals surface area contributed by atoms with Gasteiger partial charge in [-0.25, -0.2) is 0 Å². The van der Waals surface area contributed by atoms with Gasteiger partial charge in [0.2, 0.25) is 0 Å². The molecule has 1 aromatic rings. The Morgan fingerprint density at radius 1 is 1.00 bits per heavy atom. The van der Waals surface area contributed by atoms with Gasteiger partial charge in [-0.15, -0.1) is 12.4 Å². The average Bonchev–Trinajstić information content (AvgIpc) is 2.87. The summed E-state index contributed by atoms with van der Waals surface area (Å²) in [6, 6.07) is 6.06. The van der Waals surface area contributed by atoms with E-state index >= 15 is 0 Å². The third kappa shape index (κ3) is 2.75. The molecule has 2 fully saturated rings. The lowest BCUT2D eigenvalue weighted by molar-refractivity contribution is -0.138. The summed E-state index contributed by atoms with van der Waals surface area (Å²) in [5.41, 5.74) is 0.0577. The first kappa shape index (κ1) is 14.7. The predicted molar refractivity (Wildman–Crippen MR) is 70.5 cm³/mol. The van der Waals surface area contributed by atoms with E-state index in [0.717, 1.165) is 25.9 Å². The van der Waals surface area contributed by atoms with E-state index in [9.17, 15) is 13.2 Å². The maximum Gasteiger partial charge on any atom is 0.416 e. The topological polar surface area (TPSA) is 12.0 Å². The number of hydrogen-bond acceptors (Lipinski definition) is 1. The zero-order valence-electron chi connectivity index (χ0n) is 10.4. The SMILES string of the molecule is Cl.FC(F)(F)c1ccccc1C1C[C@@H]2CNC[C@H]2C1. The van der Waals surface area contributed by atoms with Gasteiger partial charge >= 0.3 is 6.18 Å². The Bertz CT molecular complexity index is 435. The van der Waals surface area contributed by atoms with Gasteiger partial charge < -0.3 is 5.32 Å².